The van der Waals surface area contributed by atoms with Gasteiger partial charge in [-0.05, 0) is 18.9 Å². The number of aryl methyl sites for hydroxylation is 2. The number of rotatable bonds is 2. The molecule has 1 unspecified atom stereocenters. The Labute approximate surface area is 106 Å². The van der Waals surface area contributed by atoms with Crippen molar-refractivity contribution in [2.24, 2.45) is 10.7 Å². The Balaban J connectivity index is 2.23. The Kier molecular flexibility index (Phi) is 2.59. The SMILES string of the molecule is CN=C(N)C(O)c1cccc2cc3n(c12)CCC3. The largest absolute Gasteiger partial charge is 0.385 e. The number of aliphatic imine (C=N–C) groups is 1. The predicted molar refractivity (Wildman–Crippen MR) is 72.8 cm³/mol. The highest BCUT2D eigenvalue weighted by molar-refractivity contribution is 5.93. The Bertz CT molecular complexity index is 627. The van der Waals surface area contributed by atoms with Gasteiger partial charge in [-0.3, -0.25) is 4.99 Å². The van der Waals surface area contributed by atoms with Gasteiger partial charge in [0, 0.05) is 30.2 Å². The monoisotopic (exact) mass is 243 g/mol. The first-order valence-corrected chi connectivity index (χ1v) is 6.23. The van der Waals surface area contributed by atoms with E-state index < -0.39 is 6.10 Å². The Morgan fingerprint density at radius 1 is 1.50 bits per heavy atom. The van der Waals surface area contributed by atoms with E-state index in [1.54, 1.807) is 7.05 Å². The number of benzene rings is 1. The van der Waals surface area contributed by atoms with Crippen molar-refractivity contribution in [1.29, 1.82) is 0 Å². The summed E-state index contributed by atoms with van der Waals surface area (Å²) in [6.07, 6.45) is 1.47. The molecule has 0 spiro atoms. The van der Waals surface area contributed by atoms with Crippen molar-refractivity contribution < 1.29 is 5.11 Å². The number of fused-ring (bicyclic) bond motifs is 3. The number of nitrogens with zero attached hydrogens (tertiary/aromatic N) is 2. The van der Waals surface area contributed by atoms with Crippen molar-refractivity contribution in [1.82, 2.24) is 4.57 Å². The smallest absolute Gasteiger partial charge is 0.138 e. The summed E-state index contributed by atoms with van der Waals surface area (Å²) in [5, 5.41) is 11.4. The lowest BCUT2D eigenvalue weighted by Crippen LogP contribution is -2.22. The molecule has 18 heavy (non-hydrogen) atoms. The van der Waals surface area contributed by atoms with Gasteiger partial charge in [-0.25, -0.2) is 0 Å². The number of aromatic nitrogens is 1. The molecule has 3 N–H and O–H groups in total. The standard InChI is InChI=1S/C14H17N3O/c1-16-14(15)13(18)11-6-2-4-9-8-10-5-3-7-17(10)12(9)11/h2,4,6,8,13,18H,3,5,7H2,1H3,(H2,15,16). The molecule has 1 aromatic heterocycles. The Morgan fingerprint density at radius 3 is 3.11 bits per heavy atom. The minimum absolute atomic E-state index is 0.260. The maximum absolute atomic E-state index is 10.3. The molecule has 1 aliphatic rings. The van der Waals surface area contributed by atoms with Crippen LogP contribution >= 0.6 is 0 Å². The molecule has 0 bridgehead atoms. The van der Waals surface area contributed by atoms with Crippen LogP contribution < -0.4 is 5.73 Å². The number of hydrogen-bond donors (Lipinski definition) is 2. The summed E-state index contributed by atoms with van der Waals surface area (Å²) in [4.78, 5) is 3.88. The van der Waals surface area contributed by atoms with Gasteiger partial charge in [0.2, 0.25) is 0 Å². The van der Waals surface area contributed by atoms with Gasteiger partial charge in [0.05, 0.1) is 5.52 Å². The number of aliphatic hydroxyl groups excluding tert-OH is 1. The van der Waals surface area contributed by atoms with Crippen LogP contribution in [0.3, 0.4) is 0 Å². The normalized spacial score (nSPS) is 17.1. The summed E-state index contributed by atoms with van der Waals surface area (Å²) in [7, 11) is 1.60. The van der Waals surface area contributed by atoms with Gasteiger partial charge in [-0.15, -0.1) is 0 Å². The van der Waals surface area contributed by atoms with Crippen LogP contribution in [0.2, 0.25) is 0 Å². The van der Waals surface area contributed by atoms with Crippen LogP contribution in [0.1, 0.15) is 23.8 Å². The molecule has 4 nitrogen and oxygen atoms in total. The lowest BCUT2D eigenvalue weighted by atomic mass is 10.1. The number of amidine groups is 1. The van der Waals surface area contributed by atoms with Crippen LogP contribution in [-0.4, -0.2) is 22.6 Å². The summed E-state index contributed by atoms with van der Waals surface area (Å²) < 4.78 is 2.29. The molecule has 0 amide bonds. The van der Waals surface area contributed by atoms with Crippen LogP contribution in [-0.2, 0) is 13.0 Å². The van der Waals surface area contributed by atoms with Crippen molar-refractivity contribution in [3.8, 4) is 0 Å². The maximum Gasteiger partial charge on any atom is 0.138 e. The lowest BCUT2D eigenvalue weighted by Gasteiger charge is -2.13. The zero-order valence-electron chi connectivity index (χ0n) is 10.4. The molecule has 2 heterocycles. The highest BCUT2D eigenvalue weighted by atomic mass is 16.3. The summed E-state index contributed by atoms with van der Waals surface area (Å²) in [5.41, 5.74) is 9.04. The Morgan fingerprint density at radius 2 is 2.33 bits per heavy atom. The van der Waals surface area contributed by atoms with Gasteiger partial charge in [-0.1, -0.05) is 18.2 Å². The van der Waals surface area contributed by atoms with E-state index in [1.807, 2.05) is 12.1 Å². The first-order chi connectivity index (χ1) is 8.72. The third kappa shape index (κ3) is 1.53. The minimum Gasteiger partial charge on any atom is -0.385 e. The molecule has 0 saturated carbocycles. The molecule has 3 rings (SSSR count). The van der Waals surface area contributed by atoms with Crippen molar-refractivity contribution in [3.05, 3.63) is 35.5 Å². The van der Waals surface area contributed by atoms with Crippen LogP contribution in [0.5, 0.6) is 0 Å². The fourth-order valence-corrected chi connectivity index (χ4v) is 2.79. The molecular weight excluding hydrogens is 226 g/mol. The third-order valence-corrected chi connectivity index (χ3v) is 3.68. The van der Waals surface area contributed by atoms with E-state index in [9.17, 15) is 5.11 Å². The topological polar surface area (TPSA) is 63.5 Å². The highest BCUT2D eigenvalue weighted by Gasteiger charge is 2.21. The highest BCUT2D eigenvalue weighted by Crippen LogP contribution is 2.31. The van der Waals surface area contributed by atoms with Gasteiger partial charge in [0.25, 0.3) is 0 Å². The lowest BCUT2D eigenvalue weighted by molar-refractivity contribution is 0.247. The maximum atomic E-state index is 10.3. The molecule has 1 aliphatic heterocycles. The molecule has 0 aliphatic carbocycles. The van der Waals surface area contributed by atoms with Crippen molar-refractivity contribution in [3.63, 3.8) is 0 Å². The van der Waals surface area contributed by atoms with Crippen LogP contribution in [0.15, 0.2) is 29.3 Å². The fourth-order valence-electron chi connectivity index (χ4n) is 2.79. The number of nitrogens with two attached hydrogens (primary N) is 1. The van der Waals surface area contributed by atoms with Crippen molar-refractivity contribution in [2.75, 3.05) is 7.05 Å². The van der Waals surface area contributed by atoms with E-state index in [0.29, 0.717) is 0 Å². The fraction of sp³-hybridized carbons (Fsp3) is 0.357. The summed E-state index contributed by atoms with van der Waals surface area (Å²) in [6, 6.07) is 8.17. The average Bonchev–Trinajstić information content (AvgIpc) is 2.96. The van der Waals surface area contributed by atoms with Gasteiger partial charge in [-0.2, -0.15) is 0 Å². The first kappa shape index (κ1) is 11.3. The van der Waals surface area contributed by atoms with Crippen LogP contribution in [0.4, 0.5) is 0 Å². The summed E-state index contributed by atoms with van der Waals surface area (Å²) in [6.45, 7) is 1.02. The predicted octanol–water partition coefficient (Wildman–Crippen LogP) is 1.61. The average molecular weight is 243 g/mol. The quantitative estimate of drug-likeness (QED) is 0.621. The van der Waals surface area contributed by atoms with E-state index >= 15 is 0 Å². The van der Waals surface area contributed by atoms with E-state index in [1.165, 1.54) is 17.5 Å². The van der Waals surface area contributed by atoms with Gasteiger partial charge >= 0.3 is 0 Å². The van der Waals surface area contributed by atoms with Crippen molar-refractivity contribution in [2.45, 2.75) is 25.5 Å². The second-order valence-corrected chi connectivity index (χ2v) is 4.73. The second-order valence-electron chi connectivity index (χ2n) is 4.73. The molecular formula is C14H17N3O. The van der Waals surface area contributed by atoms with E-state index in [0.717, 1.165) is 24.0 Å². The zero-order chi connectivity index (χ0) is 12.7. The molecule has 4 heteroatoms. The summed E-state index contributed by atoms with van der Waals surface area (Å²) >= 11 is 0. The molecule has 0 radical (unpaired) electrons. The van der Waals surface area contributed by atoms with Crippen molar-refractivity contribution >= 4 is 16.7 Å². The Hall–Kier alpha value is -1.81. The van der Waals surface area contributed by atoms with Crippen LogP contribution in [0.25, 0.3) is 10.9 Å². The van der Waals surface area contributed by atoms with E-state index in [2.05, 4.69) is 21.7 Å². The van der Waals surface area contributed by atoms with E-state index in [4.69, 9.17) is 5.73 Å². The first-order valence-electron chi connectivity index (χ1n) is 6.23. The molecule has 1 atom stereocenters. The molecule has 94 valence electrons. The molecule has 0 fully saturated rings. The molecule has 1 aromatic carbocycles. The van der Waals surface area contributed by atoms with Gasteiger partial charge in [0.15, 0.2) is 0 Å². The zero-order valence-corrected chi connectivity index (χ0v) is 10.4. The molecule has 2 aromatic rings. The second kappa shape index (κ2) is 4.14. The summed E-state index contributed by atoms with van der Waals surface area (Å²) in [5.74, 6) is 0.260. The van der Waals surface area contributed by atoms with Crippen LogP contribution in [0, 0.1) is 0 Å². The number of hydrogen-bond acceptors (Lipinski definition) is 2. The number of aliphatic hydroxyl groups is 1. The third-order valence-electron chi connectivity index (χ3n) is 3.68. The molecule has 0 saturated heterocycles. The van der Waals surface area contributed by atoms with Gasteiger partial charge in [0.1, 0.15) is 11.9 Å². The van der Waals surface area contributed by atoms with E-state index in [-0.39, 0.29) is 5.84 Å². The van der Waals surface area contributed by atoms with Gasteiger partial charge < -0.3 is 15.4 Å². The minimum atomic E-state index is -0.821. The number of para-hydroxylation sites is 1.